The Morgan fingerprint density at radius 2 is 1.45 bits per heavy atom. The van der Waals surface area contributed by atoms with Gasteiger partial charge in [0.2, 0.25) is 0 Å². The molecule has 132 valence electrons. The van der Waals surface area contributed by atoms with Gasteiger partial charge in [0.15, 0.2) is 0 Å². The van der Waals surface area contributed by atoms with E-state index in [9.17, 15) is 0 Å². The third-order valence-corrected chi connectivity index (χ3v) is 4.98. The molecule has 0 aromatic rings. The van der Waals surface area contributed by atoms with E-state index in [-0.39, 0.29) is 0 Å². The predicted octanol–water partition coefficient (Wildman–Crippen LogP) is 2.16. The van der Waals surface area contributed by atoms with Crippen molar-refractivity contribution < 1.29 is 4.74 Å². The van der Waals surface area contributed by atoms with Crippen LogP contribution in [0, 0.1) is 17.8 Å². The quantitative estimate of drug-likeness (QED) is 0.742. The number of ether oxygens (including phenoxy) is 1. The van der Waals surface area contributed by atoms with E-state index in [0.29, 0.717) is 6.10 Å². The van der Waals surface area contributed by atoms with Crippen molar-refractivity contribution in [3.63, 3.8) is 0 Å². The van der Waals surface area contributed by atoms with Gasteiger partial charge in [-0.2, -0.15) is 0 Å². The number of nitrogens with zero attached hydrogens (tertiary/aromatic N) is 2. The molecule has 3 fully saturated rings. The lowest BCUT2D eigenvalue weighted by Crippen LogP contribution is -2.38. The van der Waals surface area contributed by atoms with E-state index in [1.54, 1.807) is 0 Å². The highest BCUT2D eigenvalue weighted by molar-refractivity contribution is 4.73. The molecule has 3 rings (SSSR count). The molecule has 4 nitrogen and oxygen atoms in total. The van der Waals surface area contributed by atoms with E-state index in [2.05, 4.69) is 56.9 Å². The molecule has 0 aromatic heterocycles. The molecule has 0 aromatic carbocycles. The molecule has 0 spiro atoms. The van der Waals surface area contributed by atoms with E-state index in [1.807, 2.05) is 0 Å². The van der Waals surface area contributed by atoms with E-state index >= 15 is 0 Å². The van der Waals surface area contributed by atoms with Crippen LogP contribution in [-0.2, 0) is 4.74 Å². The van der Waals surface area contributed by atoms with Crippen LogP contribution < -0.4 is 5.32 Å². The molecule has 4 unspecified atom stereocenters. The van der Waals surface area contributed by atoms with E-state index in [4.69, 9.17) is 4.74 Å². The van der Waals surface area contributed by atoms with Crippen LogP contribution in [0.25, 0.3) is 0 Å². The van der Waals surface area contributed by atoms with Crippen LogP contribution in [0.4, 0.5) is 0 Å². The first-order valence-electron chi connectivity index (χ1n) is 9.07. The molecule has 3 aliphatic rings. The summed E-state index contributed by atoms with van der Waals surface area (Å²) < 4.78 is 5.31. The molecule has 0 saturated carbocycles. The smallest absolute Gasteiger partial charge is 0.0674 e. The molecule has 0 aliphatic carbocycles. The van der Waals surface area contributed by atoms with Gasteiger partial charge in [0, 0.05) is 19.6 Å². The normalized spacial score (nSPS) is 36.3. The summed E-state index contributed by atoms with van der Waals surface area (Å²) in [5, 5.41) is 3.32. The molecule has 0 radical (unpaired) electrons. The summed E-state index contributed by atoms with van der Waals surface area (Å²) in [6, 6.07) is 0. The largest absolute Gasteiger partial charge is 0.376 e. The van der Waals surface area contributed by atoms with Gasteiger partial charge < -0.3 is 19.9 Å². The zero-order valence-corrected chi connectivity index (χ0v) is 15.8. The molecule has 3 aliphatic heterocycles. The van der Waals surface area contributed by atoms with Crippen molar-refractivity contribution in [1.29, 1.82) is 0 Å². The second-order valence-electron chi connectivity index (χ2n) is 7.71. The predicted molar refractivity (Wildman–Crippen MR) is 95.4 cm³/mol. The summed E-state index contributed by atoms with van der Waals surface area (Å²) in [4.78, 5) is 4.67. The van der Waals surface area contributed by atoms with Crippen LogP contribution in [0.2, 0.25) is 0 Å². The number of hydrogen-bond donors (Lipinski definition) is 1. The molecule has 0 bridgehead atoms. The molecule has 0 amide bonds. The highest BCUT2D eigenvalue weighted by Crippen LogP contribution is 2.13. The third-order valence-electron chi connectivity index (χ3n) is 4.98. The van der Waals surface area contributed by atoms with Gasteiger partial charge in [-0.15, -0.1) is 0 Å². The number of nitrogens with one attached hydrogen (secondary N) is 1. The highest BCUT2D eigenvalue weighted by Gasteiger charge is 2.17. The monoisotopic (exact) mass is 313 g/mol. The minimum absolute atomic E-state index is 0.439. The summed E-state index contributed by atoms with van der Waals surface area (Å²) in [7, 11) is 4.31. The van der Waals surface area contributed by atoms with Gasteiger partial charge in [0.1, 0.15) is 0 Å². The number of likely N-dealkylation sites (tertiary alicyclic amines) is 1. The summed E-state index contributed by atoms with van der Waals surface area (Å²) in [6.45, 7) is 17.1. The highest BCUT2D eigenvalue weighted by atomic mass is 16.5. The molecule has 22 heavy (non-hydrogen) atoms. The minimum Gasteiger partial charge on any atom is -0.376 e. The van der Waals surface area contributed by atoms with Gasteiger partial charge in [-0.05, 0) is 64.8 Å². The Morgan fingerprint density at radius 1 is 0.864 bits per heavy atom. The lowest BCUT2D eigenvalue weighted by Gasteiger charge is -2.27. The lowest BCUT2D eigenvalue weighted by molar-refractivity contribution is -0.00861. The molecule has 4 atom stereocenters. The fourth-order valence-electron chi connectivity index (χ4n) is 3.09. The molecule has 3 heterocycles. The first-order valence-corrected chi connectivity index (χ1v) is 9.07. The summed E-state index contributed by atoms with van der Waals surface area (Å²) in [5.41, 5.74) is 0. The van der Waals surface area contributed by atoms with Crippen molar-refractivity contribution in [2.75, 3.05) is 60.0 Å². The summed E-state index contributed by atoms with van der Waals surface area (Å²) >= 11 is 0. The second kappa shape index (κ2) is 10.6. The van der Waals surface area contributed by atoms with Gasteiger partial charge in [-0.3, -0.25) is 0 Å². The third kappa shape index (κ3) is 8.47. The van der Waals surface area contributed by atoms with E-state index < -0.39 is 0 Å². The number of morpholine rings is 1. The fourth-order valence-corrected chi connectivity index (χ4v) is 3.09. The van der Waals surface area contributed by atoms with Crippen molar-refractivity contribution in [1.82, 2.24) is 15.1 Å². The molecular formula is C18H39N3O. The maximum Gasteiger partial charge on any atom is 0.0674 e. The maximum absolute atomic E-state index is 5.31. The van der Waals surface area contributed by atoms with Crippen LogP contribution in [0.1, 0.15) is 34.1 Å². The maximum atomic E-state index is 5.31. The van der Waals surface area contributed by atoms with E-state index in [1.165, 1.54) is 32.6 Å². The Bertz CT molecular complexity index is 264. The van der Waals surface area contributed by atoms with Crippen molar-refractivity contribution in [2.45, 2.75) is 40.2 Å². The first kappa shape index (κ1) is 19.9. The van der Waals surface area contributed by atoms with Crippen molar-refractivity contribution in [2.24, 2.45) is 17.8 Å². The Labute approximate surface area is 138 Å². The molecule has 3 saturated heterocycles. The van der Waals surface area contributed by atoms with Gasteiger partial charge in [0.05, 0.1) is 12.7 Å². The molecule has 1 N–H and O–H groups in total. The Hall–Kier alpha value is -0.160. The average molecular weight is 314 g/mol. The van der Waals surface area contributed by atoms with E-state index in [0.717, 1.165) is 37.5 Å². The van der Waals surface area contributed by atoms with Crippen molar-refractivity contribution >= 4 is 0 Å². The zero-order valence-electron chi connectivity index (χ0n) is 15.8. The van der Waals surface area contributed by atoms with Crippen LogP contribution >= 0.6 is 0 Å². The topological polar surface area (TPSA) is 27.7 Å². The van der Waals surface area contributed by atoms with Crippen LogP contribution in [-0.4, -0.2) is 75.9 Å². The number of hydrogen-bond acceptors (Lipinski definition) is 4. The first-order chi connectivity index (χ1) is 10.4. The van der Waals surface area contributed by atoms with Crippen LogP contribution in [0.3, 0.4) is 0 Å². The van der Waals surface area contributed by atoms with Gasteiger partial charge in [0.25, 0.3) is 0 Å². The number of rotatable bonds is 0. The van der Waals surface area contributed by atoms with Crippen LogP contribution in [0.5, 0.6) is 0 Å². The van der Waals surface area contributed by atoms with Crippen LogP contribution in [0.15, 0.2) is 0 Å². The van der Waals surface area contributed by atoms with Gasteiger partial charge in [-0.1, -0.05) is 20.8 Å². The second-order valence-corrected chi connectivity index (χ2v) is 7.71. The van der Waals surface area contributed by atoms with Crippen molar-refractivity contribution in [3.8, 4) is 0 Å². The summed E-state index contributed by atoms with van der Waals surface area (Å²) in [6.07, 6.45) is 1.84. The standard InChI is InChI=1S/C6H13NO.2C6H13N/c1-6-5-7(2)3-4-8-6;1-5-3-7-4-6(5)2;1-6-3-4-7(2)5-6/h6H,3-5H2,1-2H3;5-7H,3-4H2,1-2H3;6H,3-5H2,1-2H3. The van der Waals surface area contributed by atoms with Gasteiger partial charge in [-0.25, -0.2) is 0 Å². The average Bonchev–Trinajstić information content (AvgIpc) is 3.00. The Balaban J connectivity index is 0.000000166. The zero-order chi connectivity index (χ0) is 16.5. The summed E-state index contributed by atoms with van der Waals surface area (Å²) in [5.74, 6) is 2.75. The fraction of sp³-hybridized carbons (Fsp3) is 1.00. The Morgan fingerprint density at radius 3 is 1.68 bits per heavy atom. The molecule has 4 heteroatoms. The van der Waals surface area contributed by atoms with Gasteiger partial charge >= 0.3 is 0 Å². The minimum atomic E-state index is 0.439. The number of likely N-dealkylation sites (N-methyl/N-ethyl adjacent to an activating group) is 1. The lowest BCUT2D eigenvalue weighted by atomic mass is 10.0. The van der Waals surface area contributed by atoms with Crippen molar-refractivity contribution in [3.05, 3.63) is 0 Å². The Kier molecular flexibility index (Phi) is 9.57. The SMILES string of the molecule is CC1CCN(C)C1.CC1CN(C)CCO1.CC1CNCC1C. The molecular weight excluding hydrogens is 274 g/mol.